The van der Waals surface area contributed by atoms with Gasteiger partial charge in [0.25, 0.3) is 0 Å². The lowest BCUT2D eigenvalue weighted by Gasteiger charge is -2.37. The Morgan fingerprint density at radius 3 is 1.53 bits per heavy atom. The molecular weight excluding hydrogens is 1800 g/mol. The molecule has 7 aromatic rings. The zero-order chi connectivity index (χ0) is 99.8. The second kappa shape index (κ2) is 49.0. The number of nitrogens with two attached hydrogens (primary N) is 1. The predicted octanol–water partition coefficient (Wildman–Crippen LogP) is 0.458. The molecule has 41 heteroatoms. The number of para-hydroxylation sites is 1. The number of benzene rings is 6. The van der Waals surface area contributed by atoms with Gasteiger partial charge in [-0.05, 0) is 94.1 Å². The number of aromatic hydroxyl groups is 2. The van der Waals surface area contributed by atoms with Gasteiger partial charge in [0.15, 0.2) is 11.6 Å². The number of primary amides is 1. The van der Waals surface area contributed by atoms with Crippen LogP contribution in [0.2, 0.25) is 0 Å². The van der Waals surface area contributed by atoms with E-state index >= 15 is 52.3 Å². The molecule has 3 fully saturated rings. The third-order valence-corrected chi connectivity index (χ3v) is 25.2. The van der Waals surface area contributed by atoms with E-state index in [1.54, 1.807) is 105 Å². The number of carbonyl (C=O) groups is 16. The molecule has 4 heterocycles. The Bertz CT molecular complexity index is 5490. The average Bonchev–Trinajstić information content (AvgIpc) is 1.72. The molecule has 734 valence electrons. The number of phenolic OH excluding ortho intramolecular Hbond substituents is 2. The van der Waals surface area contributed by atoms with Gasteiger partial charge in [0, 0.05) is 129 Å². The van der Waals surface area contributed by atoms with E-state index in [4.69, 9.17) is 10.5 Å². The summed E-state index contributed by atoms with van der Waals surface area (Å²) < 4.78 is 35.3. The highest BCUT2D eigenvalue weighted by Crippen LogP contribution is 2.29. The molecule has 17 N–H and O–H groups in total. The molecular formula is C96H118F2N16O22S. The van der Waals surface area contributed by atoms with Crippen molar-refractivity contribution in [1.29, 1.82) is 0 Å². The van der Waals surface area contributed by atoms with Crippen LogP contribution in [-0.2, 0) is 120 Å². The van der Waals surface area contributed by atoms with Crippen LogP contribution in [0.15, 0.2) is 158 Å². The Hall–Kier alpha value is -13.9. The number of amides is 15. The summed E-state index contributed by atoms with van der Waals surface area (Å²) in [5.41, 5.74) is 8.05. The number of halogens is 2. The van der Waals surface area contributed by atoms with E-state index in [0.717, 1.165) is 42.7 Å². The summed E-state index contributed by atoms with van der Waals surface area (Å²) in [6, 6.07) is 15.1. The number of methoxy groups -OCH3 is 1. The number of hydrogen-bond acceptors (Lipinski definition) is 22. The number of aromatic amines is 1. The lowest BCUT2D eigenvalue weighted by molar-refractivity contribution is -0.153. The van der Waals surface area contributed by atoms with Crippen molar-refractivity contribution in [2.45, 2.75) is 189 Å². The third kappa shape index (κ3) is 29.1. The van der Waals surface area contributed by atoms with Crippen LogP contribution >= 0.6 is 11.8 Å². The predicted molar refractivity (Wildman–Crippen MR) is 496 cm³/mol. The largest absolute Gasteiger partial charge is 0.508 e. The van der Waals surface area contributed by atoms with Gasteiger partial charge in [-0.3, -0.25) is 76.7 Å². The van der Waals surface area contributed by atoms with Gasteiger partial charge in [-0.15, -0.1) is 11.8 Å². The number of H-pyrrole nitrogens is 1. The van der Waals surface area contributed by atoms with Crippen molar-refractivity contribution in [1.82, 2.24) is 77.3 Å². The molecule has 15 amide bonds. The lowest BCUT2D eigenvalue weighted by Crippen LogP contribution is -2.62. The van der Waals surface area contributed by atoms with E-state index in [1.807, 2.05) is 0 Å². The number of hydrogen-bond donors (Lipinski definition) is 16. The molecule has 0 radical (unpaired) electrons. The zero-order valence-electron chi connectivity index (χ0n) is 77.0. The van der Waals surface area contributed by atoms with Crippen molar-refractivity contribution in [3.05, 3.63) is 203 Å². The van der Waals surface area contributed by atoms with Gasteiger partial charge >= 0.3 is 5.97 Å². The summed E-state index contributed by atoms with van der Waals surface area (Å²) in [5.74, 6) is -22.6. The molecule has 0 spiro atoms. The van der Waals surface area contributed by atoms with Gasteiger partial charge in [-0.1, -0.05) is 137 Å². The van der Waals surface area contributed by atoms with Crippen molar-refractivity contribution >= 4 is 117 Å². The monoisotopic (exact) mass is 1920 g/mol. The normalized spacial score (nSPS) is 24.3. The molecule has 1 aromatic heterocycles. The molecule has 3 aliphatic rings. The summed E-state index contributed by atoms with van der Waals surface area (Å²) >= 11 is 0.697. The van der Waals surface area contributed by atoms with E-state index in [0.29, 0.717) is 50.5 Å². The summed E-state index contributed by atoms with van der Waals surface area (Å²) in [5, 5.41) is 78.5. The summed E-state index contributed by atoms with van der Waals surface area (Å²) in [7, 11) is 4.94. The summed E-state index contributed by atoms with van der Waals surface area (Å²) in [6.07, 6.45) is -6.21. The number of nitrogens with one attached hydrogen (secondary N) is 10. The first-order chi connectivity index (χ1) is 65.1. The third-order valence-electron chi connectivity index (χ3n) is 24.1. The number of ether oxygens (including phenoxy) is 1. The van der Waals surface area contributed by atoms with Gasteiger partial charge in [-0.2, -0.15) is 0 Å². The number of carbonyl (C=O) groups excluding carboxylic acids is 15. The van der Waals surface area contributed by atoms with Crippen molar-refractivity contribution in [3.63, 3.8) is 0 Å². The standard InChI is InChI=1S/C96H118F2N16O22S/c1-52(2)35-68-85(124)108-74(84(123)101-47-80(99)119)50-137-51-81(120)102-72(39-58-27-32-65(97)66(98)36-58)92(131)112(7)79(41-55-19-13-10-14-20-55)94(133)110(5)75(33-34-136-8)95(134)114-49-63(118)44-78(114)91(130)106-71(45-82(121)122)88(127)109-83(53(3)4)96(135)111(6)76(40-54-17-11-9-12-18-54)89(128)107-73(38-57-25-30-61(116)31-26-57)93(132)113-48-62(117)43-77(113)90(129)105-70(42-59-46-100-67-22-16-15-21-64(59)67)87(126)104-69(86(125)103-68)37-56-23-28-60(115)29-24-56/h9-32,36,46,52-53,62-63,68-79,83,100,115-118H,33-35,37-45,47-51H2,1-8H3,(H2,99,119)(H,101,123)(H,102,120)(H,103,125)(H,104,126)(H,105,129)(H,106,130)(H,107,128)(H,108,124)(H,109,127)(H,121,122)/t62-,63-,68+,69-,70-,71-,72+,73-,74-,75-,76+,77+,78+,79-,83-/m0/s1. The van der Waals surface area contributed by atoms with Crippen LogP contribution < -0.4 is 53.6 Å². The van der Waals surface area contributed by atoms with Gasteiger partial charge in [-0.25, -0.2) is 8.78 Å². The second-order valence-electron chi connectivity index (χ2n) is 35.2. The van der Waals surface area contributed by atoms with Crippen LogP contribution in [0.3, 0.4) is 0 Å². The molecule has 0 bridgehead atoms. The zero-order valence-corrected chi connectivity index (χ0v) is 77.8. The molecule has 0 unspecified atom stereocenters. The highest BCUT2D eigenvalue weighted by atomic mass is 32.2. The summed E-state index contributed by atoms with van der Waals surface area (Å²) in [4.78, 5) is 247. The van der Waals surface area contributed by atoms with Gasteiger partial charge in [0.1, 0.15) is 90.0 Å². The van der Waals surface area contributed by atoms with Crippen LogP contribution in [0.1, 0.15) is 93.2 Å². The maximum absolute atomic E-state index is 15.8. The van der Waals surface area contributed by atoms with Crippen molar-refractivity contribution in [2.75, 3.05) is 66.0 Å². The van der Waals surface area contributed by atoms with Crippen LogP contribution in [-0.4, -0.2) is 306 Å². The van der Waals surface area contributed by atoms with E-state index in [-0.39, 0.29) is 68.6 Å². The highest BCUT2D eigenvalue weighted by molar-refractivity contribution is 8.00. The molecule has 137 heavy (non-hydrogen) atoms. The Labute approximate surface area is 793 Å². The number of phenols is 2. The van der Waals surface area contributed by atoms with E-state index in [2.05, 4.69) is 52.8 Å². The van der Waals surface area contributed by atoms with Crippen LogP contribution in [0, 0.1) is 23.5 Å². The second-order valence-corrected chi connectivity index (χ2v) is 36.3. The Balaban J connectivity index is 1.07. The maximum Gasteiger partial charge on any atom is 0.305 e. The van der Waals surface area contributed by atoms with Crippen LogP contribution in [0.5, 0.6) is 11.5 Å². The number of carboxylic acid groups (broad SMARTS) is 1. The number of thioether (sulfide) groups is 1. The highest BCUT2D eigenvalue weighted by Gasteiger charge is 2.49. The Morgan fingerprint density at radius 1 is 0.496 bits per heavy atom. The smallest absolute Gasteiger partial charge is 0.305 e. The molecule has 15 atom stereocenters. The fourth-order valence-corrected chi connectivity index (χ4v) is 17.6. The van der Waals surface area contributed by atoms with Crippen molar-refractivity contribution in [3.8, 4) is 11.5 Å². The topological polar surface area (TPSA) is 550 Å². The van der Waals surface area contributed by atoms with Crippen molar-refractivity contribution < 1.29 is 116 Å². The molecule has 6 aromatic carbocycles. The first-order valence-electron chi connectivity index (χ1n) is 44.8. The van der Waals surface area contributed by atoms with Crippen LogP contribution in [0.25, 0.3) is 10.9 Å². The average molecular weight is 1920 g/mol. The fraction of sp³-hybridized carbons (Fsp3) is 0.438. The van der Waals surface area contributed by atoms with E-state index in [1.165, 1.54) is 90.6 Å². The molecule has 3 saturated heterocycles. The fourth-order valence-electron chi connectivity index (χ4n) is 16.8. The quantitative estimate of drug-likeness (QED) is 0.0414. The molecule has 0 saturated carbocycles. The number of aliphatic carboxylic acids is 1. The SMILES string of the molecule is COCC[C@H]1C(=O)N2C[C@@H](O)C[C@@H]2C(=O)N[C@@H](CC(=O)O)C(=O)N[C@@H](C(C)C)C(=O)N(C)[C@H](Cc2ccccc2)C(=O)N[C@@H](Cc2ccc(O)cc2)C(=O)N2C[C@@H](O)C[C@@H]2C(=O)N[C@@H](Cc2c[nH]c3ccccc23)C(=O)N[C@@H](Cc2ccc(O)cc2)C(=O)N[C@H](CC(C)C)C(=O)N[C@H](C(=O)NCC(N)=O)CSCC(=O)N[C@H](Cc2ccc(F)c(F)c2)C(=O)N(C)[C@@H](Cc2ccccc2)C(=O)N1C. The van der Waals surface area contributed by atoms with Gasteiger partial charge in [0.05, 0.1) is 30.9 Å². The van der Waals surface area contributed by atoms with E-state index < -0.39 is 266 Å². The number of rotatable bonds is 23. The number of likely N-dealkylation sites (N-methyl/N-ethyl adjacent to an activating group) is 3. The molecule has 10 rings (SSSR count). The minimum absolute atomic E-state index is 0.0431. The Morgan fingerprint density at radius 2 is 0.971 bits per heavy atom. The molecule has 0 aliphatic carbocycles. The molecule has 3 aliphatic heterocycles. The van der Waals surface area contributed by atoms with Gasteiger partial charge < -0.3 is 113 Å². The maximum atomic E-state index is 15.8. The minimum atomic E-state index is -2.06. The van der Waals surface area contributed by atoms with Crippen molar-refractivity contribution in [2.24, 2.45) is 17.6 Å². The minimum Gasteiger partial charge on any atom is -0.508 e. The molecule has 38 nitrogen and oxygen atoms in total. The van der Waals surface area contributed by atoms with E-state index in [9.17, 15) is 58.7 Å². The lowest BCUT2D eigenvalue weighted by atomic mass is 9.98. The Kier molecular flexibility index (Phi) is 37.6. The number of fused-ring (bicyclic) bond motifs is 3. The first-order valence-corrected chi connectivity index (χ1v) is 46.0. The summed E-state index contributed by atoms with van der Waals surface area (Å²) in [6.45, 7) is 4.29. The van der Waals surface area contributed by atoms with Crippen LogP contribution in [0.4, 0.5) is 8.78 Å². The number of carboxylic acids is 1. The number of nitrogens with zero attached hydrogens (tertiary/aromatic N) is 5. The number of aliphatic hydroxyl groups excluding tert-OH is 2. The van der Waals surface area contributed by atoms with Gasteiger partial charge in [0.2, 0.25) is 88.6 Å². The number of aliphatic hydroxyl groups is 2. The number of aromatic nitrogens is 1. The first kappa shape index (κ1) is 105.